The minimum absolute atomic E-state index is 0.0360. The lowest BCUT2D eigenvalue weighted by atomic mass is 10.1. The van der Waals surface area contributed by atoms with E-state index in [2.05, 4.69) is 4.74 Å². The van der Waals surface area contributed by atoms with Gasteiger partial charge in [-0.2, -0.15) is 0 Å². The lowest BCUT2D eigenvalue weighted by Gasteiger charge is -2.12. The van der Waals surface area contributed by atoms with E-state index in [1.807, 2.05) is 0 Å². The normalized spacial score (nSPS) is 19.6. The van der Waals surface area contributed by atoms with Crippen LogP contribution in [0.5, 0.6) is 0 Å². The summed E-state index contributed by atoms with van der Waals surface area (Å²) >= 11 is 0. The molecule has 1 aliphatic carbocycles. The molecule has 0 spiro atoms. The third-order valence-electron chi connectivity index (χ3n) is 2.69. The Kier molecular flexibility index (Phi) is 4.73. The molecule has 0 aromatic carbocycles. The highest BCUT2D eigenvalue weighted by Gasteiger charge is 2.45. The summed E-state index contributed by atoms with van der Waals surface area (Å²) in [5.41, 5.74) is -0.0360. The molecule has 15 heavy (non-hydrogen) atoms. The van der Waals surface area contributed by atoms with Crippen molar-refractivity contribution in [1.82, 2.24) is 0 Å². The van der Waals surface area contributed by atoms with E-state index < -0.39 is 10.8 Å². The van der Waals surface area contributed by atoms with Crippen molar-refractivity contribution < 1.29 is 18.5 Å². The molecule has 1 rings (SSSR count). The molecule has 4 nitrogen and oxygen atoms in total. The first kappa shape index (κ1) is 12.6. The van der Waals surface area contributed by atoms with Crippen LogP contribution in [0.15, 0.2) is 0 Å². The molecule has 1 saturated carbocycles. The van der Waals surface area contributed by atoms with E-state index in [0.717, 1.165) is 12.8 Å². The van der Waals surface area contributed by atoms with Gasteiger partial charge in [-0.05, 0) is 18.3 Å². The standard InChI is InChI=1S/C10H18O4S/c1-13-5-6-15(12)8-10(3-4-10)7-9(11)14-2/h3-8H2,1-2H3. The predicted octanol–water partition coefficient (Wildman–Crippen LogP) is 0.725. The first-order valence-corrected chi connectivity index (χ1v) is 6.51. The molecule has 0 aromatic rings. The summed E-state index contributed by atoms with van der Waals surface area (Å²) in [4.78, 5) is 11.1. The predicted molar refractivity (Wildman–Crippen MR) is 58.1 cm³/mol. The Morgan fingerprint density at radius 1 is 1.40 bits per heavy atom. The average molecular weight is 234 g/mol. The lowest BCUT2D eigenvalue weighted by molar-refractivity contribution is -0.141. The summed E-state index contributed by atoms with van der Waals surface area (Å²) < 4.78 is 21.1. The van der Waals surface area contributed by atoms with E-state index in [-0.39, 0.29) is 11.4 Å². The third kappa shape index (κ3) is 4.30. The van der Waals surface area contributed by atoms with Gasteiger partial charge in [0, 0.05) is 29.4 Å². The highest BCUT2D eigenvalue weighted by molar-refractivity contribution is 7.85. The Balaban J connectivity index is 2.30. The van der Waals surface area contributed by atoms with Gasteiger partial charge < -0.3 is 9.47 Å². The molecule has 0 N–H and O–H groups in total. The third-order valence-corrected chi connectivity index (χ3v) is 4.24. The van der Waals surface area contributed by atoms with E-state index in [4.69, 9.17) is 4.74 Å². The Morgan fingerprint density at radius 2 is 2.07 bits per heavy atom. The van der Waals surface area contributed by atoms with Crippen molar-refractivity contribution in [2.24, 2.45) is 5.41 Å². The van der Waals surface area contributed by atoms with Crippen LogP contribution in [0.4, 0.5) is 0 Å². The van der Waals surface area contributed by atoms with Crippen LogP contribution in [0.1, 0.15) is 19.3 Å². The Hall–Kier alpha value is -0.420. The van der Waals surface area contributed by atoms with Gasteiger partial charge in [-0.1, -0.05) is 0 Å². The molecule has 1 atom stereocenters. The fraction of sp³-hybridized carbons (Fsp3) is 0.900. The summed E-state index contributed by atoms with van der Waals surface area (Å²) in [6.45, 7) is 0.515. The summed E-state index contributed by atoms with van der Waals surface area (Å²) in [5.74, 6) is 0.960. The van der Waals surface area contributed by atoms with Crippen molar-refractivity contribution >= 4 is 16.8 Å². The molecule has 0 saturated heterocycles. The molecule has 1 fully saturated rings. The number of hydrogen-bond donors (Lipinski definition) is 0. The average Bonchev–Trinajstić information content (AvgIpc) is 2.94. The molecule has 0 aromatic heterocycles. The molecule has 1 unspecified atom stereocenters. The van der Waals surface area contributed by atoms with Crippen LogP contribution in [0.2, 0.25) is 0 Å². The summed E-state index contributed by atoms with van der Waals surface area (Å²) in [5, 5.41) is 0. The van der Waals surface area contributed by atoms with Crippen LogP contribution in [0.3, 0.4) is 0 Å². The number of carbonyl (C=O) groups is 1. The molecule has 0 amide bonds. The van der Waals surface area contributed by atoms with Gasteiger partial charge in [0.1, 0.15) is 0 Å². The highest BCUT2D eigenvalue weighted by atomic mass is 32.2. The smallest absolute Gasteiger partial charge is 0.306 e. The Labute approximate surface area is 92.8 Å². The fourth-order valence-electron chi connectivity index (χ4n) is 1.52. The number of hydrogen-bond acceptors (Lipinski definition) is 4. The topological polar surface area (TPSA) is 52.6 Å². The molecular formula is C10H18O4S. The second kappa shape index (κ2) is 5.61. The molecule has 0 heterocycles. The van der Waals surface area contributed by atoms with Gasteiger partial charge in [0.2, 0.25) is 0 Å². The maximum atomic E-state index is 11.6. The molecule has 0 aliphatic heterocycles. The zero-order valence-electron chi connectivity index (χ0n) is 9.28. The van der Waals surface area contributed by atoms with Crippen molar-refractivity contribution in [3.05, 3.63) is 0 Å². The van der Waals surface area contributed by atoms with Crippen LogP contribution in [0, 0.1) is 5.41 Å². The second-order valence-corrected chi connectivity index (χ2v) is 5.61. The van der Waals surface area contributed by atoms with Crippen molar-refractivity contribution in [2.75, 3.05) is 32.3 Å². The van der Waals surface area contributed by atoms with Gasteiger partial charge >= 0.3 is 5.97 Å². The minimum Gasteiger partial charge on any atom is -0.469 e. The van der Waals surface area contributed by atoms with E-state index in [1.54, 1.807) is 7.11 Å². The zero-order chi connectivity index (χ0) is 11.3. The number of methoxy groups -OCH3 is 2. The first-order chi connectivity index (χ1) is 7.12. The van der Waals surface area contributed by atoms with Gasteiger partial charge in [0.25, 0.3) is 0 Å². The summed E-state index contributed by atoms with van der Waals surface area (Å²) in [6, 6.07) is 0. The molecule has 5 heteroatoms. The van der Waals surface area contributed by atoms with Crippen LogP contribution >= 0.6 is 0 Å². The van der Waals surface area contributed by atoms with E-state index >= 15 is 0 Å². The van der Waals surface area contributed by atoms with E-state index in [1.165, 1.54) is 7.11 Å². The number of ether oxygens (including phenoxy) is 2. The van der Waals surface area contributed by atoms with Crippen molar-refractivity contribution in [3.8, 4) is 0 Å². The van der Waals surface area contributed by atoms with Gasteiger partial charge in [-0.25, -0.2) is 0 Å². The van der Waals surface area contributed by atoms with Crippen molar-refractivity contribution in [1.29, 1.82) is 0 Å². The van der Waals surface area contributed by atoms with Gasteiger partial charge in [0.15, 0.2) is 0 Å². The van der Waals surface area contributed by atoms with Gasteiger partial charge in [-0.15, -0.1) is 0 Å². The number of rotatable bonds is 7. The molecule has 0 radical (unpaired) electrons. The molecule has 0 bridgehead atoms. The second-order valence-electron chi connectivity index (χ2n) is 4.03. The fourth-order valence-corrected chi connectivity index (χ4v) is 3.09. The van der Waals surface area contributed by atoms with Crippen LogP contribution in [0.25, 0.3) is 0 Å². The highest BCUT2D eigenvalue weighted by Crippen LogP contribution is 2.49. The van der Waals surface area contributed by atoms with Gasteiger partial charge in [-0.3, -0.25) is 9.00 Å². The minimum atomic E-state index is -0.878. The van der Waals surface area contributed by atoms with E-state index in [0.29, 0.717) is 24.5 Å². The van der Waals surface area contributed by atoms with E-state index in [9.17, 15) is 9.00 Å². The Morgan fingerprint density at radius 3 is 2.53 bits per heavy atom. The quantitative estimate of drug-likeness (QED) is 0.609. The number of esters is 1. The summed E-state index contributed by atoms with van der Waals surface area (Å²) in [6.07, 6.45) is 2.38. The van der Waals surface area contributed by atoms with Crippen molar-refractivity contribution in [3.63, 3.8) is 0 Å². The SMILES string of the molecule is COCCS(=O)CC1(CC(=O)OC)CC1. The Bertz CT molecular complexity index is 248. The van der Waals surface area contributed by atoms with Crippen molar-refractivity contribution in [2.45, 2.75) is 19.3 Å². The zero-order valence-corrected chi connectivity index (χ0v) is 10.1. The van der Waals surface area contributed by atoms with Crippen LogP contribution in [-0.4, -0.2) is 42.5 Å². The molecule has 88 valence electrons. The van der Waals surface area contributed by atoms with Crippen LogP contribution in [-0.2, 0) is 25.1 Å². The first-order valence-electron chi connectivity index (χ1n) is 5.03. The van der Waals surface area contributed by atoms with Crippen LogP contribution < -0.4 is 0 Å². The summed E-state index contributed by atoms with van der Waals surface area (Å²) in [7, 11) is 2.11. The maximum Gasteiger partial charge on any atom is 0.306 e. The van der Waals surface area contributed by atoms with Gasteiger partial charge in [0.05, 0.1) is 20.1 Å². The number of carbonyl (C=O) groups excluding carboxylic acids is 1. The molecule has 1 aliphatic rings. The molecular weight excluding hydrogens is 216 g/mol. The monoisotopic (exact) mass is 234 g/mol. The maximum absolute atomic E-state index is 11.6. The lowest BCUT2D eigenvalue weighted by Crippen LogP contribution is -2.20. The largest absolute Gasteiger partial charge is 0.469 e.